The van der Waals surface area contributed by atoms with E-state index in [9.17, 15) is 18.0 Å². The van der Waals surface area contributed by atoms with Gasteiger partial charge in [0, 0.05) is 16.7 Å². The summed E-state index contributed by atoms with van der Waals surface area (Å²) in [6.07, 6.45) is 1.94. The van der Waals surface area contributed by atoms with Crippen molar-refractivity contribution in [3.8, 4) is 0 Å². The number of hydrogen-bond acceptors (Lipinski definition) is 6. The van der Waals surface area contributed by atoms with Crippen molar-refractivity contribution in [2.45, 2.75) is 25.2 Å². The molecule has 0 aliphatic heterocycles. The third kappa shape index (κ3) is 4.30. The van der Waals surface area contributed by atoms with Gasteiger partial charge in [0.15, 0.2) is 22.2 Å². The molecule has 7 heteroatoms. The van der Waals surface area contributed by atoms with Gasteiger partial charge in [-0.3, -0.25) is 4.79 Å². The van der Waals surface area contributed by atoms with Crippen LogP contribution in [0.5, 0.6) is 0 Å². The average molecular weight is 366 g/mol. The predicted octanol–water partition coefficient (Wildman–Crippen LogP) is 3.06. The number of Topliss-reactive ketones (excluding diaryl/α,β-unsaturated/α-hetero) is 1. The fourth-order valence-corrected chi connectivity index (χ4v) is 3.78. The van der Waals surface area contributed by atoms with Gasteiger partial charge in [-0.15, -0.1) is 11.3 Å². The molecule has 0 saturated heterocycles. The van der Waals surface area contributed by atoms with Crippen LogP contribution in [0.4, 0.5) is 0 Å². The van der Waals surface area contributed by atoms with Crippen molar-refractivity contribution >= 4 is 32.9 Å². The largest absolute Gasteiger partial charge is 0.453 e. The molecule has 0 saturated carbocycles. The Balaban J connectivity index is 2.00. The van der Waals surface area contributed by atoms with Gasteiger partial charge in [-0.25, -0.2) is 13.2 Å². The zero-order valence-corrected chi connectivity index (χ0v) is 15.3. The SMILES string of the molecule is CCc1sc(C(=O)OCC(=O)c2ccc(S(C)(=O)=O)cc2)cc1C. The van der Waals surface area contributed by atoms with Crippen LogP contribution in [-0.2, 0) is 21.0 Å². The maximum Gasteiger partial charge on any atom is 0.348 e. The van der Waals surface area contributed by atoms with E-state index in [1.807, 2.05) is 13.8 Å². The summed E-state index contributed by atoms with van der Waals surface area (Å²) in [5.74, 6) is -0.906. The zero-order chi connectivity index (χ0) is 17.9. The van der Waals surface area contributed by atoms with Crippen molar-refractivity contribution in [1.82, 2.24) is 0 Å². The zero-order valence-electron chi connectivity index (χ0n) is 13.7. The van der Waals surface area contributed by atoms with Crippen LogP contribution >= 0.6 is 11.3 Å². The van der Waals surface area contributed by atoms with Gasteiger partial charge in [-0.05, 0) is 49.2 Å². The molecule has 128 valence electrons. The van der Waals surface area contributed by atoms with Gasteiger partial charge >= 0.3 is 5.97 Å². The Labute approximate surface area is 145 Å². The number of rotatable bonds is 6. The summed E-state index contributed by atoms with van der Waals surface area (Å²) in [4.78, 5) is 25.8. The fraction of sp³-hybridized carbons (Fsp3) is 0.294. The van der Waals surface area contributed by atoms with Crippen LogP contribution in [0.3, 0.4) is 0 Å². The molecule has 2 aromatic rings. The minimum Gasteiger partial charge on any atom is -0.453 e. The summed E-state index contributed by atoms with van der Waals surface area (Å²) in [5, 5.41) is 0. The molecule has 0 aliphatic rings. The second-order valence-corrected chi connectivity index (χ2v) is 8.52. The number of sulfone groups is 1. The second kappa shape index (κ2) is 7.27. The van der Waals surface area contributed by atoms with Gasteiger partial charge in [0.2, 0.25) is 0 Å². The maximum absolute atomic E-state index is 12.0. The number of ketones is 1. The van der Waals surface area contributed by atoms with Crippen molar-refractivity contribution < 1.29 is 22.7 Å². The van der Waals surface area contributed by atoms with Crippen LogP contribution in [0.25, 0.3) is 0 Å². The molecular weight excluding hydrogens is 348 g/mol. The van der Waals surface area contributed by atoms with Gasteiger partial charge < -0.3 is 4.74 Å². The molecule has 0 radical (unpaired) electrons. The lowest BCUT2D eigenvalue weighted by Crippen LogP contribution is -2.13. The van der Waals surface area contributed by atoms with E-state index < -0.39 is 15.8 Å². The molecule has 5 nitrogen and oxygen atoms in total. The first-order valence-electron chi connectivity index (χ1n) is 7.32. The first-order chi connectivity index (χ1) is 11.2. The molecule has 0 aliphatic carbocycles. The quantitative estimate of drug-likeness (QED) is 0.580. The lowest BCUT2D eigenvalue weighted by molar-refractivity contribution is 0.0479. The molecule has 0 bridgehead atoms. The number of hydrogen-bond donors (Lipinski definition) is 0. The fourth-order valence-electron chi connectivity index (χ4n) is 2.15. The van der Waals surface area contributed by atoms with Crippen molar-refractivity contribution in [2.24, 2.45) is 0 Å². The molecule has 0 unspecified atom stereocenters. The van der Waals surface area contributed by atoms with Crippen molar-refractivity contribution in [2.75, 3.05) is 12.9 Å². The minimum absolute atomic E-state index is 0.136. The van der Waals surface area contributed by atoms with Gasteiger partial charge in [-0.2, -0.15) is 0 Å². The maximum atomic E-state index is 12.0. The highest BCUT2D eigenvalue weighted by Gasteiger charge is 2.16. The van der Waals surface area contributed by atoms with Gasteiger partial charge in [0.1, 0.15) is 4.88 Å². The molecule has 1 aromatic heterocycles. The monoisotopic (exact) mass is 366 g/mol. The van der Waals surface area contributed by atoms with E-state index in [1.165, 1.54) is 35.6 Å². The Bertz CT molecular complexity index is 861. The molecule has 0 N–H and O–H groups in total. The molecule has 0 spiro atoms. The van der Waals surface area contributed by atoms with Crippen LogP contribution in [0, 0.1) is 6.92 Å². The van der Waals surface area contributed by atoms with E-state index in [0.717, 1.165) is 23.1 Å². The highest BCUT2D eigenvalue weighted by Crippen LogP contribution is 2.23. The van der Waals surface area contributed by atoms with Gasteiger partial charge in [-0.1, -0.05) is 6.92 Å². The Morgan fingerprint density at radius 2 is 1.79 bits per heavy atom. The first kappa shape index (κ1) is 18.4. The summed E-state index contributed by atoms with van der Waals surface area (Å²) in [6, 6.07) is 7.31. The van der Waals surface area contributed by atoms with Crippen LogP contribution in [0.2, 0.25) is 0 Å². The summed E-state index contributed by atoms with van der Waals surface area (Å²) < 4.78 is 27.8. The number of carbonyl (C=O) groups is 2. The van der Waals surface area contributed by atoms with E-state index in [-0.39, 0.29) is 17.3 Å². The number of thiophene rings is 1. The number of carbonyl (C=O) groups excluding carboxylic acids is 2. The topological polar surface area (TPSA) is 77.5 Å². The Morgan fingerprint density at radius 1 is 1.17 bits per heavy atom. The molecule has 1 aromatic carbocycles. The van der Waals surface area contributed by atoms with Crippen LogP contribution in [0.15, 0.2) is 35.2 Å². The molecule has 0 amide bonds. The Morgan fingerprint density at radius 3 is 2.29 bits per heavy atom. The Kier molecular flexibility index (Phi) is 5.56. The van der Waals surface area contributed by atoms with Gasteiger partial charge in [0.25, 0.3) is 0 Å². The normalized spacial score (nSPS) is 11.3. The smallest absolute Gasteiger partial charge is 0.348 e. The van der Waals surface area contributed by atoms with Crippen molar-refractivity contribution in [1.29, 1.82) is 0 Å². The van der Waals surface area contributed by atoms with Crippen LogP contribution in [-0.4, -0.2) is 33.0 Å². The highest BCUT2D eigenvalue weighted by atomic mass is 32.2. The minimum atomic E-state index is -3.31. The number of benzene rings is 1. The number of esters is 1. The summed E-state index contributed by atoms with van der Waals surface area (Å²) in [7, 11) is -3.31. The summed E-state index contributed by atoms with van der Waals surface area (Å²) in [6.45, 7) is 3.56. The number of ether oxygens (including phenoxy) is 1. The third-order valence-corrected chi connectivity index (χ3v) is 5.97. The highest BCUT2D eigenvalue weighted by molar-refractivity contribution is 7.90. The van der Waals surface area contributed by atoms with Crippen LogP contribution < -0.4 is 0 Å². The van der Waals surface area contributed by atoms with E-state index in [2.05, 4.69) is 0 Å². The third-order valence-electron chi connectivity index (χ3n) is 3.48. The molecule has 2 rings (SSSR count). The average Bonchev–Trinajstić information content (AvgIpc) is 2.92. The molecular formula is C17H18O5S2. The molecule has 0 atom stereocenters. The summed E-state index contributed by atoms with van der Waals surface area (Å²) in [5.41, 5.74) is 1.34. The van der Waals surface area contributed by atoms with Crippen molar-refractivity contribution in [3.05, 3.63) is 51.2 Å². The van der Waals surface area contributed by atoms with Crippen molar-refractivity contribution in [3.63, 3.8) is 0 Å². The lowest BCUT2D eigenvalue weighted by Gasteiger charge is -2.04. The second-order valence-electron chi connectivity index (χ2n) is 5.37. The summed E-state index contributed by atoms with van der Waals surface area (Å²) >= 11 is 1.37. The van der Waals surface area contributed by atoms with Crippen LogP contribution in [0.1, 0.15) is 37.4 Å². The lowest BCUT2D eigenvalue weighted by atomic mass is 10.1. The predicted molar refractivity (Wildman–Crippen MR) is 92.6 cm³/mol. The van der Waals surface area contributed by atoms with E-state index >= 15 is 0 Å². The van der Waals surface area contributed by atoms with E-state index in [4.69, 9.17) is 4.74 Å². The molecule has 1 heterocycles. The van der Waals surface area contributed by atoms with E-state index in [0.29, 0.717) is 10.4 Å². The molecule has 0 fully saturated rings. The Hall–Kier alpha value is -1.99. The standard InChI is InChI=1S/C17H18O5S2/c1-4-15-11(2)9-16(23-15)17(19)22-10-14(18)12-5-7-13(8-6-12)24(3,20)21/h5-9H,4,10H2,1-3H3. The van der Waals surface area contributed by atoms with E-state index in [1.54, 1.807) is 6.07 Å². The number of aryl methyl sites for hydroxylation is 2. The molecule has 24 heavy (non-hydrogen) atoms. The first-order valence-corrected chi connectivity index (χ1v) is 10.0. The van der Waals surface area contributed by atoms with Gasteiger partial charge in [0.05, 0.1) is 4.90 Å².